The number of hydrogen-bond donors (Lipinski definition) is 2. The number of fused-ring (bicyclic) bond motifs is 4. The van der Waals surface area contributed by atoms with E-state index in [4.69, 9.17) is 23.2 Å². The second kappa shape index (κ2) is 7.03. The van der Waals surface area contributed by atoms with E-state index in [0.29, 0.717) is 11.1 Å². The predicted molar refractivity (Wildman–Crippen MR) is 115 cm³/mol. The molecule has 2 aliphatic heterocycles. The van der Waals surface area contributed by atoms with Crippen LogP contribution in [0.15, 0.2) is 35.9 Å². The first-order chi connectivity index (χ1) is 15.1. The lowest BCUT2D eigenvalue weighted by molar-refractivity contribution is -0.173. The third-order valence-electron chi connectivity index (χ3n) is 7.20. The molecule has 6 atom stereocenters. The summed E-state index contributed by atoms with van der Waals surface area (Å²) in [5.74, 6) is -6.26. The largest absolute Gasteiger partial charge is 0.508 e. The minimum Gasteiger partial charge on any atom is -0.508 e. The first kappa shape index (κ1) is 21.9. The van der Waals surface area contributed by atoms with Crippen LogP contribution in [0.2, 0.25) is 0 Å². The molecule has 168 valence electrons. The van der Waals surface area contributed by atoms with Gasteiger partial charge in [0.25, 0.3) is 23.6 Å². The highest BCUT2D eigenvalue weighted by molar-refractivity contribution is 9.09. The summed E-state index contributed by atoms with van der Waals surface area (Å²) in [6, 6.07) is 6.14. The summed E-state index contributed by atoms with van der Waals surface area (Å²) >= 11 is 17.1. The van der Waals surface area contributed by atoms with Gasteiger partial charge in [-0.25, -0.2) is 0 Å². The molecule has 2 heterocycles. The third-order valence-corrected chi connectivity index (χ3v) is 9.11. The van der Waals surface area contributed by atoms with E-state index in [1.165, 1.54) is 12.1 Å². The fourth-order valence-corrected chi connectivity index (χ4v) is 7.24. The summed E-state index contributed by atoms with van der Waals surface area (Å²) < 4.78 is 0. The first-order valence-electron chi connectivity index (χ1n) is 9.93. The Hall–Kier alpha value is -1.94. The number of likely N-dealkylation sites (tertiary alicyclic amines) is 1. The van der Waals surface area contributed by atoms with E-state index in [2.05, 4.69) is 15.9 Å². The number of carbonyl (C=O) groups is 4. The number of halogens is 3. The normalized spacial score (nSPS) is 38.6. The van der Waals surface area contributed by atoms with Gasteiger partial charge < -0.3 is 5.11 Å². The van der Waals surface area contributed by atoms with Crippen LogP contribution < -0.4 is 0 Å². The van der Waals surface area contributed by atoms with Crippen LogP contribution in [0.5, 0.6) is 5.75 Å². The smallest absolute Gasteiger partial charge is 0.257 e. The van der Waals surface area contributed by atoms with Crippen molar-refractivity contribution in [3.63, 3.8) is 0 Å². The van der Waals surface area contributed by atoms with E-state index >= 15 is 0 Å². The fraction of sp³-hybridized carbons (Fsp3) is 0.429. The number of benzene rings is 1. The van der Waals surface area contributed by atoms with Crippen LogP contribution in [-0.2, 0) is 19.2 Å². The van der Waals surface area contributed by atoms with Gasteiger partial charge in [-0.05, 0) is 36.5 Å². The molecule has 32 heavy (non-hydrogen) atoms. The maximum atomic E-state index is 13.4. The van der Waals surface area contributed by atoms with E-state index in [0.717, 1.165) is 4.90 Å². The van der Waals surface area contributed by atoms with Crippen molar-refractivity contribution in [3.8, 4) is 5.75 Å². The van der Waals surface area contributed by atoms with Crippen molar-refractivity contribution in [1.29, 1.82) is 0 Å². The van der Waals surface area contributed by atoms with Gasteiger partial charge in [-0.15, -0.1) is 23.2 Å². The molecule has 1 saturated carbocycles. The molecule has 0 bridgehead atoms. The van der Waals surface area contributed by atoms with Gasteiger partial charge in [-0.2, -0.15) is 5.06 Å². The van der Waals surface area contributed by atoms with Gasteiger partial charge in [0, 0.05) is 5.92 Å². The molecule has 11 heteroatoms. The average Bonchev–Trinajstić information content (AvgIpc) is 3.06. The van der Waals surface area contributed by atoms with Gasteiger partial charge in [0.15, 0.2) is 9.75 Å². The minimum atomic E-state index is -1.91. The molecular formula is C21H17BrCl2N2O6. The van der Waals surface area contributed by atoms with Crippen molar-refractivity contribution >= 4 is 62.8 Å². The summed E-state index contributed by atoms with van der Waals surface area (Å²) in [6.07, 6.45) is 1.77. The number of aromatic hydroxyl groups is 1. The zero-order valence-electron chi connectivity index (χ0n) is 16.4. The van der Waals surface area contributed by atoms with Gasteiger partial charge in [-0.3, -0.25) is 29.3 Å². The molecule has 5 rings (SSSR count). The number of nitrogens with zero attached hydrogens (tertiary/aromatic N) is 2. The lowest BCUT2D eigenvalue weighted by Crippen LogP contribution is -2.60. The maximum absolute atomic E-state index is 13.4. The van der Waals surface area contributed by atoms with Crippen LogP contribution in [0.1, 0.15) is 24.3 Å². The maximum Gasteiger partial charge on any atom is 0.257 e. The number of phenolic OH excluding ortho intramolecular Hbond substituents is 1. The molecule has 2 N–H and O–H groups in total. The summed E-state index contributed by atoms with van der Waals surface area (Å²) in [4.78, 5) is 49.1. The monoisotopic (exact) mass is 542 g/mol. The van der Waals surface area contributed by atoms with Gasteiger partial charge in [0.2, 0.25) is 0 Å². The van der Waals surface area contributed by atoms with Gasteiger partial charge >= 0.3 is 0 Å². The van der Waals surface area contributed by atoms with Gasteiger partial charge in [0.1, 0.15) is 5.75 Å². The highest BCUT2D eigenvalue weighted by Crippen LogP contribution is 2.65. The van der Waals surface area contributed by atoms with E-state index < -0.39 is 57.0 Å². The molecule has 3 fully saturated rings. The molecular weight excluding hydrogens is 527 g/mol. The fourth-order valence-electron chi connectivity index (χ4n) is 5.81. The number of imide groups is 2. The number of carbonyl (C=O) groups excluding carboxylic acids is 4. The summed E-state index contributed by atoms with van der Waals surface area (Å²) in [5, 5.41) is 20.2. The number of alkyl halides is 3. The molecule has 0 spiro atoms. The molecule has 6 unspecified atom stereocenters. The highest BCUT2D eigenvalue weighted by Gasteiger charge is 2.76. The Labute approximate surface area is 200 Å². The SMILES string of the molecule is O=C1C2CC=C3C(CC4(Cl)C(=O)N(CBr)C(=O)C4(Cl)C3c3cccc(O)c3)C2C(=O)N1O. The second-order valence-corrected chi connectivity index (χ2v) is 10.3. The summed E-state index contributed by atoms with van der Waals surface area (Å²) in [7, 11) is 0. The molecule has 0 radical (unpaired) electrons. The number of rotatable bonds is 2. The highest BCUT2D eigenvalue weighted by atomic mass is 79.9. The van der Waals surface area contributed by atoms with Crippen LogP contribution in [0.3, 0.4) is 0 Å². The quantitative estimate of drug-likeness (QED) is 0.195. The molecule has 1 aromatic carbocycles. The van der Waals surface area contributed by atoms with E-state index in [1.54, 1.807) is 18.2 Å². The van der Waals surface area contributed by atoms with Crippen molar-refractivity contribution in [3.05, 3.63) is 41.5 Å². The van der Waals surface area contributed by atoms with Crippen molar-refractivity contribution in [2.45, 2.75) is 28.5 Å². The van der Waals surface area contributed by atoms with Crippen LogP contribution >= 0.6 is 39.1 Å². The average molecular weight is 544 g/mol. The zero-order chi connectivity index (χ0) is 23.2. The molecule has 4 aliphatic rings. The third kappa shape index (κ3) is 2.48. The molecule has 2 saturated heterocycles. The van der Waals surface area contributed by atoms with Crippen LogP contribution in [0, 0.1) is 17.8 Å². The number of amides is 4. The lowest BCUT2D eigenvalue weighted by Gasteiger charge is -2.50. The van der Waals surface area contributed by atoms with E-state index in [-0.39, 0.29) is 29.1 Å². The standard InChI is InChI=1S/C21H17BrCl2N2O6/c22-8-25-18(30)20(23)7-13-11(4-5-12-14(13)17(29)26(32)16(12)28)15(21(20,24)19(25)31)9-2-1-3-10(27)6-9/h1-4,6,12-15,27,32H,5,7-8H2. The Morgan fingerprint density at radius 1 is 1.09 bits per heavy atom. The van der Waals surface area contributed by atoms with Crippen molar-refractivity contribution < 1.29 is 29.5 Å². The minimum absolute atomic E-state index is 0.0675. The van der Waals surface area contributed by atoms with Crippen LogP contribution in [0.25, 0.3) is 0 Å². The lowest BCUT2D eigenvalue weighted by atomic mass is 9.56. The summed E-state index contributed by atoms with van der Waals surface area (Å²) in [6.45, 7) is 0. The zero-order valence-corrected chi connectivity index (χ0v) is 19.5. The van der Waals surface area contributed by atoms with Crippen molar-refractivity contribution in [2.75, 3.05) is 5.45 Å². The Kier molecular flexibility index (Phi) is 4.81. The van der Waals surface area contributed by atoms with Gasteiger partial charge in [0.05, 0.1) is 17.3 Å². The molecule has 4 amide bonds. The van der Waals surface area contributed by atoms with Gasteiger partial charge in [-0.1, -0.05) is 39.7 Å². The second-order valence-electron chi connectivity index (χ2n) is 8.57. The Morgan fingerprint density at radius 3 is 2.47 bits per heavy atom. The number of hydrogen-bond acceptors (Lipinski definition) is 6. The van der Waals surface area contributed by atoms with Crippen LogP contribution in [0.4, 0.5) is 0 Å². The predicted octanol–water partition coefficient (Wildman–Crippen LogP) is 2.49. The first-order valence-corrected chi connectivity index (χ1v) is 11.8. The Balaban J connectivity index is 1.75. The molecule has 8 nitrogen and oxygen atoms in total. The Bertz CT molecular complexity index is 1130. The number of phenols is 1. The molecule has 1 aromatic rings. The molecule has 0 aromatic heterocycles. The van der Waals surface area contributed by atoms with E-state index in [1.807, 2.05) is 0 Å². The summed E-state index contributed by atoms with van der Waals surface area (Å²) in [5.41, 5.74) is 0.935. The van der Waals surface area contributed by atoms with Crippen LogP contribution in [-0.4, -0.2) is 59.1 Å². The Morgan fingerprint density at radius 2 is 1.81 bits per heavy atom. The molecule has 2 aliphatic carbocycles. The topological polar surface area (TPSA) is 115 Å². The number of allylic oxidation sites excluding steroid dienone is 2. The van der Waals surface area contributed by atoms with E-state index in [9.17, 15) is 29.5 Å². The van der Waals surface area contributed by atoms with Crippen molar-refractivity contribution in [1.82, 2.24) is 9.96 Å². The van der Waals surface area contributed by atoms with Crippen molar-refractivity contribution in [2.24, 2.45) is 17.8 Å². The number of hydroxylamine groups is 2.